The lowest BCUT2D eigenvalue weighted by Crippen LogP contribution is -2.32. The molecular weight excluding hydrogens is 356 g/mol. The Morgan fingerprint density at radius 1 is 1.19 bits per heavy atom. The highest BCUT2D eigenvalue weighted by atomic mass is 32.1. The van der Waals surface area contributed by atoms with Crippen molar-refractivity contribution in [3.63, 3.8) is 0 Å². The standard InChI is InChI=1S/C17H14N4O4S/c22-11-6-2-5-10-13(11)12(8-3-1-4-9(7-8)21(24)25)14-15(18-10)19-17(26)20-16(14)23/h1,3-4,7,12H,2,5-6H2,(H3,18,19,20,23,26)/t12-/m1/s1. The minimum Gasteiger partial charge on any atom is -0.344 e. The van der Waals surface area contributed by atoms with Crippen molar-refractivity contribution in [1.82, 2.24) is 9.97 Å². The highest BCUT2D eigenvalue weighted by Crippen LogP contribution is 2.43. The van der Waals surface area contributed by atoms with E-state index in [1.165, 1.54) is 12.1 Å². The van der Waals surface area contributed by atoms with E-state index in [4.69, 9.17) is 12.2 Å². The maximum atomic E-state index is 12.6. The molecule has 0 saturated carbocycles. The lowest BCUT2D eigenvalue weighted by Gasteiger charge is -2.32. The van der Waals surface area contributed by atoms with Crippen molar-refractivity contribution in [3.8, 4) is 0 Å². The molecular formula is C17H14N4O4S. The van der Waals surface area contributed by atoms with Gasteiger partial charge >= 0.3 is 0 Å². The van der Waals surface area contributed by atoms with Crippen molar-refractivity contribution in [2.45, 2.75) is 25.2 Å². The number of benzene rings is 1. The summed E-state index contributed by atoms with van der Waals surface area (Å²) in [6.45, 7) is 0. The van der Waals surface area contributed by atoms with E-state index in [1.54, 1.807) is 12.1 Å². The molecule has 8 nitrogen and oxygen atoms in total. The molecule has 1 aliphatic heterocycles. The molecule has 3 N–H and O–H groups in total. The van der Waals surface area contributed by atoms with E-state index >= 15 is 0 Å². The van der Waals surface area contributed by atoms with Gasteiger partial charge in [-0.1, -0.05) is 12.1 Å². The smallest absolute Gasteiger partial charge is 0.269 e. The van der Waals surface area contributed by atoms with Crippen LogP contribution in [0.4, 0.5) is 11.5 Å². The van der Waals surface area contributed by atoms with Gasteiger partial charge in [0.25, 0.3) is 11.2 Å². The number of aromatic nitrogens is 2. The molecule has 0 amide bonds. The molecule has 2 aromatic rings. The third-order valence-electron chi connectivity index (χ3n) is 4.70. The lowest BCUT2D eigenvalue weighted by atomic mass is 9.76. The molecule has 0 bridgehead atoms. The fourth-order valence-corrected chi connectivity index (χ4v) is 3.84. The molecule has 9 heteroatoms. The monoisotopic (exact) mass is 370 g/mol. The van der Waals surface area contributed by atoms with Crippen LogP contribution in [0.1, 0.15) is 36.3 Å². The number of carbonyl (C=O) groups is 1. The van der Waals surface area contributed by atoms with Gasteiger partial charge in [-0.3, -0.25) is 24.7 Å². The van der Waals surface area contributed by atoms with Crippen LogP contribution in [0.2, 0.25) is 0 Å². The van der Waals surface area contributed by atoms with Gasteiger partial charge in [-0.2, -0.15) is 0 Å². The van der Waals surface area contributed by atoms with Gasteiger partial charge in [0.15, 0.2) is 10.6 Å². The van der Waals surface area contributed by atoms with E-state index in [0.717, 1.165) is 5.70 Å². The molecule has 0 saturated heterocycles. The summed E-state index contributed by atoms with van der Waals surface area (Å²) < 4.78 is 0.172. The van der Waals surface area contributed by atoms with Crippen molar-refractivity contribution in [2.75, 3.05) is 5.32 Å². The highest BCUT2D eigenvalue weighted by Gasteiger charge is 2.37. The van der Waals surface area contributed by atoms with Crippen LogP contribution < -0.4 is 10.9 Å². The van der Waals surface area contributed by atoms with Gasteiger partial charge in [-0.25, -0.2) is 0 Å². The number of non-ortho nitro benzene ring substituents is 1. The van der Waals surface area contributed by atoms with Crippen molar-refractivity contribution >= 4 is 29.5 Å². The summed E-state index contributed by atoms with van der Waals surface area (Å²) in [7, 11) is 0. The molecule has 2 heterocycles. The topological polar surface area (TPSA) is 121 Å². The number of anilines is 1. The zero-order chi connectivity index (χ0) is 18.4. The van der Waals surface area contributed by atoms with Gasteiger partial charge in [0.2, 0.25) is 0 Å². The number of hydrogen-bond donors (Lipinski definition) is 3. The van der Waals surface area contributed by atoms with Crippen LogP contribution in [0, 0.1) is 14.9 Å². The summed E-state index contributed by atoms with van der Waals surface area (Å²) in [5.74, 6) is -0.295. The summed E-state index contributed by atoms with van der Waals surface area (Å²) >= 11 is 5.04. The van der Waals surface area contributed by atoms with Gasteiger partial charge < -0.3 is 10.3 Å². The van der Waals surface area contributed by atoms with Gasteiger partial charge in [-0.05, 0) is 30.6 Å². The largest absolute Gasteiger partial charge is 0.344 e. The predicted molar refractivity (Wildman–Crippen MR) is 96.7 cm³/mol. The number of nitrogens with one attached hydrogen (secondary N) is 3. The Labute approximate surface area is 152 Å². The maximum Gasteiger partial charge on any atom is 0.269 e. The van der Waals surface area contributed by atoms with Gasteiger partial charge in [0, 0.05) is 35.7 Å². The van der Waals surface area contributed by atoms with E-state index in [0.29, 0.717) is 41.8 Å². The quantitative estimate of drug-likeness (QED) is 0.425. The number of carbonyl (C=O) groups excluding carboxylic acids is 1. The summed E-state index contributed by atoms with van der Waals surface area (Å²) in [6, 6.07) is 6.04. The lowest BCUT2D eigenvalue weighted by molar-refractivity contribution is -0.384. The molecule has 132 valence electrons. The molecule has 0 unspecified atom stereocenters. The molecule has 2 aliphatic rings. The number of fused-ring (bicyclic) bond motifs is 1. The summed E-state index contributed by atoms with van der Waals surface area (Å²) in [5.41, 5.74) is 1.57. The Morgan fingerprint density at radius 2 is 2.00 bits per heavy atom. The first kappa shape index (κ1) is 16.4. The van der Waals surface area contributed by atoms with Crippen LogP contribution in [0.5, 0.6) is 0 Å². The summed E-state index contributed by atoms with van der Waals surface area (Å²) in [5, 5.41) is 14.3. The normalized spacial score (nSPS) is 18.8. The molecule has 1 aromatic carbocycles. The Hall–Kier alpha value is -3.07. The first-order valence-electron chi connectivity index (χ1n) is 8.10. The zero-order valence-electron chi connectivity index (χ0n) is 13.5. The second-order valence-corrected chi connectivity index (χ2v) is 6.68. The minimum absolute atomic E-state index is 0.0530. The van der Waals surface area contributed by atoms with Gasteiger partial charge in [0.1, 0.15) is 5.82 Å². The SMILES string of the molecule is O=C1CCCC2=C1[C@@H](c1cccc([N+](=O)[O-])c1)c1c([nH]c(=S)[nH]c1=O)N2. The van der Waals surface area contributed by atoms with E-state index < -0.39 is 16.4 Å². The van der Waals surface area contributed by atoms with Crippen LogP contribution in [0.3, 0.4) is 0 Å². The number of nitro benzene ring substituents is 1. The maximum absolute atomic E-state index is 12.6. The van der Waals surface area contributed by atoms with Crippen molar-refractivity contribution in [2.24, 2.45) is 0 Å². The zero-order valence-corrected chi connectivity index (χ0v) is 14.3. The number of hydrogen-bond acceptors (Lipinski definition) is 6. The predicted octanol–water partition coefficient (Wildman–Crippen LogP) is 2.91. The number of rotatable bonds is 2. The number of aromatic amines is 2. The first-order valence-corrected chi connectivity index (χ1v) is 8.50. The van der Waals surface area contributed by atoms with Crippen LogP contribution in [0.15, 0.2) is 40.3 Å². The van der Waals surface area contributed by atoms with Gasteiger partial charge in [0.05, 0.1) is 10.5 Å². The van der Waals surface area contributed by atoms with Crippen LogP contribution >= 0.6 is 12.2 Å². The number of ketones is 1. The molecule has 4 rings (SSSR count). The second kappa shape index (κ2) is 6.03. The Bertz CT molecular complexity index is 1100. The van der Waals surface area contributed by atoms with Gasteiger partial charge in [-0.15, -0.1) is 0 Å². The average Bonchev–Trinajstić information content (AvgIpc) is 2.60. The molecule has 0 spiro atoms. The first-order chi connectivity index (χ1) is 12.5. The number of nitro groups is 1. The summed E-state index contributed by atoms with van der Waals surface area (Å²) in [4.78, 5) is 41.4. The fraction of sp³-hybridized carbons (Fsp3) is 0.235. The molecule has 0 fully saturated rings. The Balaban J connectivity index is 2.01. The van der Waals surface area contributed by atoms with E-state index in [2.05, 4.69) is 15.3 Å². The van der Waals surface area contributed by atoms with Crippen molar-refractivity contribution in [1.29, 1.82) is 0 Å². The number of H-pyrrole nitrogens is 2. The minimum atomic E-state index is -0.676. The number of Topliss-reactive ketones (excluding diaryl/α,β-unsaturated/α-hetero) is 1. The van der Waals surface area contributed by atoms with E-state index in [1.807, 2.05) is 0 Å². The van der Waals surface area contributed by atoms with Crippen molar-refractivity contribution < 1.29 is 9.72 Å². The Morgan fingerprint density at radius 3 is 2.77 bits per heavy atom. The number of allylic oxidation sites excluding steroid dienone is 2. The molecule has 1 atom stereocenters. The molecule has 1 aliphatic carbocycles. The van der Waals surface area contributed by atoms with Crippen molar-refractivity contribution in [3.05, 3.63) is 71.9 Å². The molecule has 0 radical (unpaired) electrons. The van der Waals surface area contributed by atoms with E-state index in [9.17, 15) is 19.7 Å². The number of nitrogens with zero attached hydrogens (tertiary/aromatic N) is 1. The summed E-state index contributed by atoms with van der Waals surface area (Å²) in [6.07, 6.45) is 1.77. The Kier molecular flexibility index (Phi) is 3.80. The molecule has 26 heavy (non-hydrogen) atoms. The van der Waals surface area contributed by atoms with Crippen LogP contribution in [0.25, 0.3) is 0 Å². The third kappa shape index (κ3) is 2.57. The second-order valence-electron chi connectivity index (χ2n) is 6.28. The van der Waals surface area contributed by atoms with E-state index in [-0.39, 0.29) is 16.2 Å². The third-order valence-corrected chi connectivity index (χ3v) is 4.91. The van der Waals surface area contributed by atoms with Crippen LogP contribution in [-0.4, -0.2) is 20.7 Å². The average molecular weight is 370 g/mol. The fourth-order valence-electron chi connectivity index (χ4n) is 3.64. The van der Waals surface area contributed by atoms with Crippen LogP contribution in [-0.2, 0) is 4.79 Å². The highest BCUT2D eigenvalue weighted by molar-refractivity contribution is 7.71. The molecule has 1 aromatic heterocycles.